The zero-order chi connectivity index (χ0) is 33.5. The van der Waals surface area contributed by atoms with Gasteiger partial charge < -0.3 is 34.3 Å². The van der Waals surface area contributed by atoms with Crippen LogP contribution in [0.4, 0.5) is 4.39 Å². The summed E-state index contributed by atoms with van der Waals surface area (Å²) in [5, 5.41) is 28.0. The molecule has 0 saturated carbocycles. The summed E-state index contributed by atoms with van der Waals surface area (Å²) >= 11 is 0. The first-order valence-corrected chi connectivity index (χ1v) is 15.4. The minimum Gasteiger partial charge on any atom is -0.491 e. The van der Waals surface area contributed by atoms with Crippen molar-refractivity contribution in [2.75, 3.05) is 46.3 Å². The highest BCUT2D eigenvalue weighted by Gasteiger charge is 2.13. The zero-order valence-corrected chi connectivity index (χ0v) is 26.7. The van der Waals surface area contributed by atoms with Crippen LogP contribution in [0, 0.1) is 6.92 Å². The number of carbonyl (C=O) groups excluding carboxylic acids is 1. The van der Waals surface area contributed by atoms with Crippen molar-refractivity contribution in [3.05, 3.63) is 95.6 Å². The van der Waals surface area contributed by atoms with Crippen molar-refractivity contribution >= 4 is 5.97 Å². The molecule has 3 aromatic carbocycles. The van der Waals surface area contributed by atoms with Crippen LogP contribution < -0.4 is 9.47 Å². The van der Waals surface area contributed by atoms with Gasteiger partial charge >= 0.3 is 5.97 Å². The molecule has 8 nitrogen and oxygen atoms in total. The van der Waals surface area contributed by atoms with E-state index in [9.17, 15) is 14.3 Å². The Morgan fingerprint density at radius 2 is 1.52 bits per heavy atom. The first-order valence-electron chi connectivity index (χ1n) is 15.4. The summed E-state index contributed by atoms with van der Waals surface area (Å²) in [5.74, 6) is 0.294. The molecule has 9 heteroatoms. The van der Waals surface area contributed by atoms with Crippen LogP contribution >= 0.6 is 0 Å². The molecule has 1 unspecified atom stereocenters. The van der Waals surface area contributed by atoms with Gasteiger partial charge in [-0.25, -0.2) is 4.79 Å². The van der Waals surface area contributed by atoms with E-state index in [1.807, 2.05) is 18.2 Å². The van der Waals surface area contributed by atoms with Crippen molar-refractivity contribution in [2.45, 2.75) is 45.8 Å². The van der Waals surface area contributed by atoms with E-state index in [0.29, 0.717) is 17.9 Å². The smallest absolute Gasteiger partial charge is 0.335 e. The van der Waals surface area contributed by atoms with Gasteiger partial charge in [-0.3, -0.25) is 4.39 Å². The van der Waals surface area contributed by atoms with E-state index < -0.39 is 18.9 Å². The Kier molecular flexibility index (Phi) is 14.9. The fraction of sp³-hybridized carbons (Fsp3) is 0.378. The second kappa shape index (κ2) is 18.8. The van der Waals surface area contributed by atoms with E-state index in [2.05, 4.69) is 57.3 Å². The van der Waals surface area contributed by atoms with Crippen LogP contribution in [0.3, 0.4) is 0 Å². The van der Waals surface area contributed by atoms with E-state index >= 15 is 0 Å². The van der Waals surface area contributed by atoms with Crippen molar-refractivity contribution in [1.29, 1.82) is 0 Å². The lowest BCUT2D eigenvalue weighted by atomic mass is 9.91. The number of carbonyl (C=O) groups is 1. The molecule has 0 heterocycles. The van der Waals surface area contributed by atoms with Gasteiger partial charge in [0.15, 0.2) is 6.29 Å². The number of aliphatic hydroxyl groups is 3. The molecule has 248 valence electrons. The maximum atomic E-state index is 12.6. The van der Waals surface area contributed by atoms with Crippen molar-refractivity contribution in [3.8, 4) is 33.8 Å². The van der Waals surface area contributed by atoms with Crippen LogP contribution in [-0.2, 0) is 27.1 Å². The Hall–Kier alpha value is -4.02. The molecule has 0 bridgehead atoms. The number of aryl methyl sites for hydroxylation is 3. The molecule has 3 N–H and O–H groups in total. The largest absolute Gasteiger partial charge is 0.491 e. The quantitative estimate of drug-likeness (QED) is 0.0461. The van der Waals surface area contributed by atoms with Crippen LogP contribution in [0.25, 0.3) is 22.3 Å². The van der Waals surface area contributed by atoms with Crippen molar-refractivity contribution in [2.24, 2.45) is 0 Å². The minimum atomic E-state index is -1.30. The Labute approximate surface area is 270 Å². The number of esters is 1. The molecule has 1 atom stereocenters. The number of unbranched alkanes of at least 4 members (excludes halogenated alkanes) is 1. The van der Waals surface area contributed by atoms with Gasteiger partial charge in [-0.15, -0.1) is 0 Å². The van der Waals surface area contributed by atoms with E-state index in [-0.39, 0.29) is 50.9 Å². The monoisotopic (exact) mass is 636 g/mol. The topological polar surface area (TPSA) is 115 Å². The molecule has 0 radical (unpaired) electrons. The first kappa shape index (κ1) is 36.4. The van der Waals surface area contributed by atoms with Gasteiger partial charge in [0.25, 0.3) is 0 Å². The summed E-state index contributed by atoms with van der Waals surface area (Å²) in [7, 11) is 0. The molecule has 0 fully saturated rings. The molecule has 0 aliphatic carbocycles. The first-order chi connectivity index (χ1) is 22.2. The van der Waals surface area contributed by atoms with Crippen LogP contribution in [0.15, 0.2) is 78.9 Å². The van der Waals surface area contributed by atoms with Gasteiger partial charge in [-0.1, -0.05) is 56.5 Å². The van der Waals surface area contributed by atoms with Crippen molar-refractivity contribution in [1.82, 2.24) is 0 Å². The molecule has 0 amide bonds. The molecule has 3 rings (SSSR count). The summed E-state index contributed by atoms with van der Waals surface area (Å²) in [6, 6.07) is 18.2. The number of hydrogen-bond acceptors (Lipinski definition) is 8. The Morgan fingerprint density at radius 3 is 2.15 bits per heavy atom. The standard InChI is InChI=1S/C37H45FO8/c1-5-28-19-30(11-12-35(28)31-10-9-29(25(2)18-31)8-6-7-13-38)32-20-33(43-14-16-45-36(41)26(3)23-39)22-34(21-32)44-15-17-46-37(42)27(4)24-40/h9-12,18-22,36,39-41H,3-8,13-17,23-24H2,1-2H3. The maximum absolute atomic E-state index is 12.6. The van der Waals surface area contributed by atoms with Gasteiger partial charge in [0.2, 0.25) is 0 Å². The van der Waals surface area contributed by atoms with Crippen molar-refractivity contribution < 1.29 is 43.5 Å². The third-order valence-corrected chi connectivity index (χ3v) is 7.43. The van der Waals surface area contributed by atoms with Crippen LogP contribution in [0.5, 0.6) is 11.5 Å². The lowest BCUT2D eigenvalue weighted by Gasteiger charge is -2.16. The molecule has 0 aliphatic heterocycles. The summed E-state index contributed by atoms with van der Waals surface area (Å²) in [5.41, 5.74) is 7.76. The fourth-order valence-electron chi connectivity index (χ4n) is 4.78. The second-order valence-corrected chi connectivity index (χ2v) is 10.8. The zero-order valence-electron chi connectivity index (χ0n) is 26.7. The number of aliphatic hydroxyl groups excluding tert-OH is 3. The average molecular weight is 637 g/mol. The average Bonchev–Trinajstić information content (AvgIpc) is 3.07. The van der Waals surface area contributed by atoms with Gasteiger partial charge in [-0.05, 0) is 83.7 Å². The predicted octanol–water partition coefficient (Wildman–Crippen LogP) is 5.92. The normalized spacial score (nSPS) is 11.6. The highest BCUT2D eigenvalue weighted by molar-refractivity contribution is 5.87. The van der Waals surface area contributed by atoms with Gasteiger partial charge in [0, 0.05) is 11.6 Å². The third kappa shape index (κ3) is 10.8. The molecule has 0 aromatic heterocycles. The van der Waals surface area contributed by atoms with Gasteiger partial charge in [0.1, 0.15) is 31.3 Å². The Bertz CT molecular complexity index is 1470. The van der Waals surface area contributed by atoms with Gasteiger partial charge in [0.05, 0.1) is 32.1 Å². The van der Waals surface area contributed by atoms with E-state index in [0.717, 1.165) is 41.5 Å². The van der Waals surface area contributed by atoms with E-state index in [1.165, 1.54) is 16.7 Å². The molecular weight excluding hydrogens is 591 g/mol. The number of ether oxygens (including phenoxy) is 4. The molecule has 46 heavy (non-hydrogen) atoms. The molecule has 3 aromatic rings. The summed E-state index contributed by atoms with van der Waals surface area (Å²) in [4.78, 5) is 11.8. The Morgan fingerprint density at radius 1 is 0.826 bits per heavy atom. The summed E-state index contributed by atoms with van der Waals surface area (Å²) in [6.45, 7) is 10.2. The predicted molar refractivity (Wildman–Crippen MR) is 177 cm³/mol. The summed E-state index contributed by atoms with van der Waals surface area (Å²) in [6.07, 6.45) is 1.79. The van der Waals surface area contributed by atoms with Crippen LogP contribution in [-0.4, -0.2) is 73.9 Å². The highest BCUT2D eigenvalue weighted by Crippen LogP contribution is 2.34. The van der Waals surface area contributed by atoms with E-state index in [1.54, 1.807) is 6.07 Å². The lowest BCUT2D eigenvalue weighted by molar-refractivity contribution is -0.140. The Balaban J connectivity index is 1.83. The van der Waals surface area contributed by atoms with Gasteiger partial charge in [-0.2, -0.15) is 0 Å². The molecule has 0 aliphatic rings. The van der Waals surface area contributed by atoms with Crippen LogP contribution in [0.2, 0.25) is 0 Å². The lowest BCUT2D eigenvalue weighted by Crippen LogP contribution is -2.20. The third-order valence-electron chi connectivity index (χ3n) is 7.43. The van der Waals surface area contributed by atoms with Crippen molar-refractivity contribution in [3.63, 3.8) is 0 Å². The number of halogens is 1. The minimum absolute atomic E-state index is 0.0394. The number of alkyl halides is 1. The number of rotatable bonds is 20. The SMILES string of the molecule is C=C(CO)C(=O)OCCOc1cc(OCCOC(O)C(=C)CO)cc(-c2ccc(-c3ccc(CCCCF)c(C)c3)c(CC)c2)c1. The van der Waals surface area contributed by atoms with Crippen LogP contribution in [0.1, 0.15) is 36.5 Å². The number of hydrogen-bond donors (Lipinski definition) is 3. The summed E-state index contributed by atoms with van der Waals surface area (Å²) < 4.78 is 34.7. The molecular formula is C37H45FO8. The fourth-order valence-corrected chi connectivity index (χ4v) is 4.78. The van der Waals surface area contributed by atoms with E-state index in [4.69, 9.17) is 29.2 Å². The number of benzene rings is 3. The highest BCUT2D eigenvalue weighted by atomic mass is 19.1. The molecule has 0 saturated heterocycles. The molecule has 0 spiro atoms. The maximum Gasteiger partial charge on any atom is 0.335 e. The second-order valence-electron chi connectivity index (χ2n) is 10.8.